The second-order valence-corrected chi connectivity index (χ2v) is 8.76. The van der Waals surface area contributed by atoms with Gasteiger partial charge in [0.15, 0.2) is 5.11 Å². The number of ether oxygens (including phenoxy) is 2. The van der Waals surface area contributed by atoms with Crippen LogP contribution in [0.2, 0.25) is 0 Å². The predicted molar refractivity (Wildman–Crippen MR) is 132 cm³/mol. The molecule has 7 nitrogen and oxygen atoms in total. The summed E-state index contributed by atoms with van der Waals surface area (Å²) in [6.45, 7) is 7.30. The van der Waals surface area contributed by atoms with E-state index in [1.165, 1.54) is 0 Å². The van der Waals surface area contributed by atoms with Crippen LogP contribution in [-0.2, 0) is 0 Å². The van der Waals surface area contributed by atoms with Gasteiger partial charge in [-0.2, -0.15) is 0 Å². The molecule has 0 aromatic heterocycles. The van der Waals surface area contributed by atoms with Gasteiger partial charge in [-0.25, -0.2) is 0 Å². The normalized spacial score (nSPS) is 10.4. The Hall–Kier alpha value is -2.65. The molecule has 0 aliphatic rings. The number of hydrogen-bond donors (Lipinski definition) is 3. The maximum absolute atomic E-state index is 12.7. The molecule has 0 unspecified atom stereocenters. The lowest BCUT2D eigenvalue weighted by Crippen LogP contribution is -2.48. The summed E-state index contributed by atoms with van der Waals surface area (Å²) in [5, 5.41) is 2.50. The van der Waals surface area contributed by atoms with Crippen molar-refractivity contribution in [2.75, 3.05) is 13.2 Å². The zero-order chi connectivity index (χ0) is 23.5. The number of hydrogen-bond acceptors (Lipinski definition) is 5. The van der Waals surface area contributed by atoms with Crippen LogP contribution >= 0.6 is 28.1 Å². The number of benzene rings is 2. The third-order valence-electron chi connectivity index (χ3n) is 4.16. The standard InChI is InChI=1S/C23H28BrN3O4S/c1-4-5-12-30-20-11-8-17(24)13-19(20)22(29)25-23(32)27-26-21(28)16-6-9-18(10-7-16)31-14-15(2)3/h6-11,13,15H,4-5,12,14H2,1-3H3,(H,26,28)(H2,25,27,29,32). The van der Waals surface area contributed by atoms with Gasteiger partial charge in [-0.05, 0) is 67.0 Å². The number of halogens is 1. The van der Waals surface area contributed by atoms with E-state index < -0.39 is 11.8 Å². The summed E-state index contributed by atoms with van der Waals surface area (Å²) in [5.41, 5.74) is 5.76. The highest BCUT2D eigenvalue weighted by molar-refractivity contribution is 9.10. The molecule has 0 spiro atoms. The minimum atomic E-state index is -0.448. The zero-order valence-corrected chi connectivity index (χ0v) is 20.8. The van der Waals surface area contributed by atoms with Crippen LogP contribution in [0.4, 0.5) is 0 Å². The van der Waals surface area contributed by atoms with E-state index in [4.69, 9.17) is 21.7 Å². The van der Waals surface area contributed by atoms with Gasteiger partial charge in [-0.3, -0.25) is 25.8 Å². The number of hydrazine groups is 1. The van der Waals surface area contributed by atoms with Gasteiger partial charge in [0, 0.05) is 10.0 Å². The Balaban J connectivity index is 1.89. The number of rotatable bonds is 9. The fraction of sp³-hybridized carbons (Fsp3) is 0.348. The van der Waals surface area contributed by atoms with Crippen LogP contribution in [-0.4, -0.2) is 30.1 Å². The first-order valence-corrected chi connectivity index (χ1v) is 11.6. The quantitative estimate of drug-likeness (QED) is 0.253. The molecule has 2 amide bonds. The fourth-order valence-electron chi connectivity index (χ4n) is 2.48. The lowest BCUT2D eigenvalue weighted by molar-refractivity contribution is 0.0933. The summed E-state index contributed by atoms with van der Waals surface area (Å²) in [4.78, 5) is 25.0. The highest BCUT2D eigenvalue weighted by Crippen LogP contribution is 2.23. The van der Waals surface area contributed by atoms with Crippen molar-refractivity contribution in [3.63, 3.8) is 0 Å². The Labute approximate surface area is 202 Å². The topological polar surface area (TPSA) is 88.7 Å². The Morgan fingerprint density at radius 1 is 1.03 bits per heavy atom. The SMILES string of the molecule is CCCCOc1ccc(Br)cc1C(=O)NC(=S)NNC(=O)c1ccc(OCC(C)C)cc1. The highest BCUT2D eigenvalue weighted by atomic mass is 79.9. The predicted octanol–water partition coefficient (Wildman–Crippen LogP) is 4.61. The lowest BCUT2D eigenvalue weighted by Gasteiger charge is -2.14. The number of unbranched alkanes of at least 4 members (excludes halogenated alkanes) is 1. The first kappa shape index (κ1) is 25.6. The number of carbonyl (C=O) groups excluding carboxylic acids is 2. The number of amides is 2. The van der Waals surface area contributed by atoms with Crippen LogP contribution in [0.3, 0.4) is 0 Å². The van der Waals surface area contributed by atoms with Crippen molar-refractivity contribution in [2.45, 2.75) is 33.6 Å². The van der Waals surface area contributed by atoms with Gasteiger partial charge in [-0.1, -0.05) is 43.1 Å². The van der Waals surface area contributed by atoms with E-state index in [1.807, 2.05) is 0 Å². The average molecular weight is 522 g/mol. The minimum Gasteiger partial charge on any atom is -0.493 e. The van der Waals surface area contributed by atoms with Crippen molar-refractivity contribution < 1.29 is 19.1 Å². The third kappa shape index (κ3) is 8.47. The van der Waals surface area contributed by atoms with Crippen molar-refractivity contribution in [3.05, 3.63) is 58.1 Å². The average Bonchev–Trinajstić information content (AvgIpc) is 2.77. The van der Waals surface area contributed by atoms with Crippen molar-refractivity contribution in [2.24, 2.45) is 5.92 Å². The molecule has 0 aliphatic heterocycles. The number of nitrogens with one attached hydrogen (secondary N) is 3. The molecule has 0 aliphatic carbocycles. The minimum absolute atomic E-state index is 0.0419. The van der Waals surface area contributed by atoms with Gasteiger partial charge in [0.25, 0.3) is 11.8 Å². The van der Waals surface area contributed by atoms with Crippen molar-refractivity contribution in [3.8, 4) is 11.5 Å². The van der Waals surface area contributed by atoms with E-state index in [2.05, 4.69) is 52.9 Å². The van der Waals surface area contributed by atoms with Crippen molar-refractivity contribution >= 4 is 45.1 Å². The molecule has 0 saturated heterocycles. The largest absolute Gasteiger partial charge is 0.493 e. The van der Waals surface area contributed by atoms with E-state index in [-0.39, 0.29) is 5.11 Å². The molecule has 0 atom stereocenters. The van der Waals surface area contributed by atoms with Crippen molar-refractivity contribution in [1.29, 1.82) is 0 Å². The first-order valence-electron chi connectivity index (χ1n) is 10.4. The molecule has 2 rings (SSSR count). The first-order chi connectivity index (χ1) is 15.3. The molecule has 9 heteroatoms. The second-order valence-electron chi connectivity index (χ2n) is 7.43. The van der Waals surface area contributed by atoms with E-state index in [0.29, 0.717) is 41.8 Å². The smallest absolute Gasteiger partial charge is 0.269 e. The molecule has 2 aromatic rings. The van der Waals surface area contributed by atoms with Gasteiger partial charge < -0.3 is 9.47 Å². The lowest BCUT2D eigenvalue weighted by atomic mass is 10.2. The van der Waals surface area contributed by atoms with Gasteiger partial charge in [0.2, 0.25) is 0 Å². The van der Waals surface area contributed by atoms with Crippen LogP contribution in [0.15, 0.2) is 46.9 Å². The maximum atomic E-state index is 12.7. The van der Waals surface area contributed by atoms with E-state index in [0.717, 1.165) is 17.3 Å². The van der Waals surface area contributed by atoms with Crippen LogP contribution in [0, 0.1) is 5.92 Å². The van der Waals surface area contributed by atoms with E-state index >= 15 is 0 Å². The molecule has 0 radical (unpaired) electrons. The van der Waals surface area contributed by atoms with Crippen LogP contribution < -0.4 is 25.6 Å². The Bertz CT molecular complexity index is 935. The molecular weight excluding hydrogens is 494 g/mol. The molecule has 0 bridgehead atoms. The zero-order valence-electron chi connectivity index (χ0n) is 18.4. The molecular formula is C23H28BrN3O4S. The summed E-state index contributed by atoms with van der Waals surface area (Å²) in [7, 11) is 0. The number of carbonyl (C=O) groups is 2. The second kappa shape index (κ2) is 13.0. The monoisotopic (exact) mass is 521 g/mol. The van der Waals surface area contributed by atoms with Crippen LogP contribution in [0.1, 0.15) is 54.3 Å². The molecule has 0 fully saturated rings. The summed E-state index contributed by atoms with van der Waals surface area (Å²) < 4.78 is 12.0. The molecule has 0 saturated carbocycles. The highest BCUT2D eigenvalue weighted by Gasteiger charge is 2.15. The summed E-state index contributed by atoms with van der Waals surface area (Å²) >= 11 is 8.49. The fourth-order valence-corrected chi connectivity index (χ4v) is 2.99. The number of thiocarbonyl (C=S) groups is 1. The summed E-state index contributed by atoms with van der Waals surface area (Å²) in [6.07, 6.45) is 1.87. The molecule has 3 N–H and O–H groups in total. The molecule has 32 heavy (non-hydrogen) atoms. The Kier molecular flexibility index (Phi) is 10.4. The molecule has 2 aromatic carbocycles. The van der Waals surface area contributed by atoms with Gasteiger partial charge in [0.1, 0.15) is 11.5 Å². The summed E-state index contributed by atoms with van der Waals surface area (Å²) in [5.74, 6) is 0.719. The Morgan fingerprint density at radius 3 is 2.41 bits per heavy atom. The van der Waals surface area contributed by atoms with Gasteiger partial charge >= 0.3 is 0 Å². The Morgan fingerprint density at radius 2 is 1.75 bits per heavy atom. The molecule has 0 heterocycles. The summed E-state index contributed by atoms with van der Waals surface area (Å²) in [6, 6.07) is 11.9. The maximum Gasteiger partial charge on any atom is 0.269 e. The van der Waals surface area contributed by atoms with Gasteiger partial charge in [-0.15, -0.1) is 0 Å². The van der Waals surface area contributed by atoms with Crippen LogP contribution in [0.25, 0.3) is 0 Å². The van der Waals surface area contributed by atoms with E-state index in [1.54, 1.807) is 42.5 Å². The van der Waals surface area contributed by atoms with Crippen molar-refractivity contribution in [1.82, 2.24) is 16.2 Å². The molecule has 172 valence electrons. The third-order valence-corrected chi connectivity index (χ3v) is 4.86. The van der Waals surface area contributed by atoms with Gasteiger partial charge in [0.05, 0.1) is 18.8 Å². The van der Waals surface area contributed by atoms with Crippen LogP contribution in [0.5, 0.6) is 11.5 Å². The van der Waals surface area contributed by atoms with E-state index in [9.17, 15) is 9.59 Å².